The molecule has 1 fully saturated rings. The molecule has 2 heterocycles. The standard InChI is InChI=1S/C16H22N2O4S/c1-16(2,3)15-17-9-12(23-15)4-5-13(19)18-6-7-22-11(10-18)8-14(20)21/h4-5,9,11H,6-8,10H2,1-3H3,(H,20,21). The number of carboxylic acid groups (broad SMARTS) is 1. The fourth-order valence-electron chi connectivity index (χ4n) is 2.21. The molecular formula is C16H22N2O4S. The number of aliphatic carboxylic acids is 1. The Morgan fingerprint density at radius 3 is 2.87 bits per heavy atom. The zero-order chi connectivity index (χ0) is 17.0. The first-order chi connectivity index (χ1) is 10.8. The van der Waals surface area contributed by atoms with Gasteiger partial charge >= 0.3 is 5.97 Å². The lowest BCUT2D eigenvalue weighted by atomic mass is 9.98. The number of hydrogen-bond acceptors (Lipinski definition) is 5. The van der Waals surface area contributed by atoms with Gasteiger partial charge in [0.15, 0.2) is 0 Å². The minimum atomic E-state index is -0.917. The molecule has 0 radical (unpaired) electrons. The van der Waals surface area contributed by atoms with Crippen molar-refractivity contribution in [2.24, 2.45) is 0 Å². The average Bonchev–Trinajstić information content (AvgIpc) is 2.93. The van der Waals surface area contributed by atoms with Gasteiger partial charge in [-0.3, -0.25) is 9.59 Å². The fraction of sp³-hybridized carbons (Fsp3) is 0.562. The summed E-state index contributed by atoms with van der Waals surface area (Å²) in [5, 5.41) is 9.83. The molecule has 1 aliphatic rings. The molecule has 126 valence electrons. The lowest BCUT2D eigenvalue weighted by Crippen LogP contribution is -2.45. The van der Waals surface area contributed by atoms with Crippen molar-refractivity contribution >= 4 is 29.3 Å². The van der Waals surface area contributed by atoms with Crippen LogP contribution >= 0.6 is 11.3 Å². The van der Waals surface area contributed by atoms with Gasteiger partial charge in [0.1, 0.15) is 0 Å². The molecule has 1 amide bonds. The molecule has 1 saturated heterocycles. The molecule has 1 atom stereocenters. The topological polar surface area (TPSA) is 79.7 Å². The number of carbonyl (C=O) groups is 2. The Morgan fingerprint density at radius 2 is 2.26 bits per heavy atom. The van der Waals surface area contributed by atoms with E-state index >= 15 is 0 Å². The van der Waals surface area contributed by atoms with Crippen molar-refractivity contribution in [1.29, 1.82) is 0 Å². The monoisotopic (exact) mass is 338 g/mol. The number of rotatable bonds is 4. The van der Waals surface area contributed by atoms with Gasteiger partial charge in [0.05, 0.1) is 24.1 Å². The zero-order valence-electron chi connectivity index (χ0n) is 13.6. The van der Waals surface area contributed by atoms with Gasteiger partial charge in [-0.05, 0) is 6.08 Å². The molecule has 1 N–H and O–H groups in total. The van der Waals surface area contributed by atoms with E-state index in [2.05, 4.69) is 25.8 Å². The maximum absolute atomic E-state index is 12.2. The van der Waals surface area contributed by atoms with E-state index in [0.29, 0.717) is 19.7 Å². The van der Waals surface area contributed by atoms with Crippen LogP contribution in [0.4, 0.5) is 0 Å². The first-order valence-electron chi connectivity index (χ1n) is 7.52. The Labute approximate surface area is 139 Å². The van der Waals surface area contributed by atoms with E-state index in [1.165, 1.54) is 6.08 Å². The summed E-state index contributed by atoms with van der Waals surface area (Å²) < 4.78 is 5.37. The normalized spacial score (nSPS) is 19.3. The van der Waals surface area contributed by atoms with Crippen molar-refractivity contribution in [3.05, 3.63) is 22.2 Å². The fourth-order valence-corrected chi connectivity index (χ4v) is 3.08. The van der Waals surface area contributed by atoms with Gasteiger partial charge < -0.3 is 14.7 Å². The molecule has 1 aromatic heterocycles. The lowest BCUT2D eigenvalue weighted by Gasteiger charge is -2.31. The van der Waals surface area contributed by atoms with Gasteiger partial charge in [-0.15, -0.1) is 11.3 Å². The summed E-state index contributed by atoms with van der Waals surface area (Å²) in [7, 11) is 0. The predicted molar refractivity (Wildman–Crippen MR) is 88.4 cm³/mol. The van der Waals surface area contributed by atoms with E-state index in [-0.39, 0.29) is 17.7 Å². The van der Waals surface area contributed by atoms with Gasteiger partial charge in [0.2, 0.25) is 5.91 Å². The van der Waals surface area contributed by atoms with Gasteiger partial charge in [-0.2, -0.15) is 0 Å². The van der Waals surface area contributed by atoms with E-state index in [1.807, 2.05) is 0 Å². The minimum Gasteiger partial charge on any atom is -0.481 e. The second kappa shape index (κ2) is 7.23. The highest BCUT2D eigenvalue weighted by molar-refractivity contribution is 7.12. The van der Waals surface area contributed by atoms with Crippen molar-refractivity contribution in [2.75, 3.05) is 19.7 Å². The van der Waals surface area contributed by atoms with Crippen molar-refractivity contribution < 1.29 is 19.4 Å². The molecule has 23 heavy (non-hydrogen) atoms. The molecule has 0 aromatic carbocycles. The van der Waals surface area contributed by atoms with E-state index in [9.17, 15) is 9.59 Å². The SMILES string of the molecule is CC(C)(C)c1ncc(C=CC(=O)N2CCOC(CC(=O)O)C2)s1. The molecule has 1 aliphatic heterocycles. The molecule has 2 rings (SSSR count). The maximum atomic E-state index is 12.2. The highest BCUT2D eigenvalue weighted by atomic mass is 32.1. The highest BCUT2D eigenvalue weighted by Gasteiger charge is 2.25. The van der Waals surface area contributed by atoms with Crippen LogP contribution in [0, 0.1) is 0 Å². The van der Waals surface area contributed by atoms with E-state index in [0.717, 1.165) is 9.88 Å². The van der Waals surface area contributed by atoms with Crippen molar-refractivity contribution in [3.63, 3.8) is 0 Å². The third-order valence-electron chi connectivity index (χ3n) is 3.41. The molecule has 7 heteroatoms. The largest absolute Gasteiger partial charge is 0.481 e. The van der Waals surface area contributed by atoms with Crippen molar-refractivity contribution in [1.82, 2.24) is 9.88 Å². The molecule has 1 aromatic rings. The van der Waals surface area contributed by atoms with Crippen LogP contribution in [0.5, 0.6) is 0 Å². The molecule has 0 saturated carbocycles. The van der Waals surface area contributed by atoms with Crippen LogP contribution in [0.3, 0.4) is 0 Å². The quantitative estimate of drug-likeness (QED) is 0.851. The number of hydrogen-bond donors (Lipinski definition) is 1. The second-order valence-corrected chi connectivity index (χ2v) is 7.59. The summed E-state index contributed by atoms with van der Waals surface area (Å²) in [6, 6.07) is 0. The molecule has 6 nitrogen and oxygen atoms in total. The number of carbonyl (C=O) groups excluding carboxylic acids is 1. The number of aromatic nitrogens is 1. The molecule has 0 spiro atoms. The number of ether oxygens (including phenoxy) is 1. The molecule has 1 unspecified atom stereocenters. The minimum absolute atomic E-state index is 0.00493. The van der Waals surface area contributed by atoms with Crippen LogP contribution in [0.1, 0.15) is 37.1 Å². The summed E-state index contributed by atoms with van der Waals surface area (Å²) >= 11 is 1.57. The summed E-state index contributed by atoms with van der Waals surface area (Å²) in [4.78, 5) is 29.9. The zero-order valence-corrected chi connectivity index (χ0v) is 14.4. The number of morpholine rings is 1. The van der Waals surface area contributed by atoms with Crippen molar-refractivity contribution in [3.8, 4) is 0 Å². The Morgan fingerprint density at radius 1 is 1.52 bits per heavy atom. The number of carboxylic acids is 1. The Kier molecular flexibility index (Phi) is 5.54. The third kappa shape index (κ3) is 5.14. The third-order valence-corrected chi connectivity index (χ3v) is 4.80. The Balaban J connectivity index is 1.95. The van der Waals surface area contributed by atoms with E-state index in [4.69, 9.17) is 9.84 Å². The second-order valence-electron chi connectivity index (χ2n) is 6.53. The van der Waals surface area contributed by atoms with Gasteiger partial charge in [0.25, 0.3) is 0 Å². The summed E-state index contributed by atoms with van der Waals surface area (Å²) in [6.07, 6.45) is 4.52. The Bertz CT molecular complexity index is 603. The van der Waals surface area contributed by atoms with Crippen molar-refractivity contribution in [2.45, 2.75) is 38.7 Å². The van der Waals surface area contributed by atoms with Crippen LogP contribution in [-0.2, 0) is 19.7 Å². The van der Waals surface area contributed by atoms with Crippen LogP contribution in [0.15, 0.2) is 12.3 Å². The van der Waals surface area contributed by atoms with Crippen LogP contribution in [0.25, 0.3) is 6.08 Å². The van der Waals surface area contributed by atoms with Gasteiger partial charge in [-0.25, -0.2) is 4.98 Å². The number of thiazole rings is 1. The van der Waals surface area contributed by atoms with Gasteiger partial charge in [0, 0.05) is 35.7 Å². The Hall–Kier alpha value is -1.73. The van der Waals surface area contributed by atoms with Crippen LogP contribution in [-0.4, -0.2) is 52.7 Å². The maximum Gasteiger partial charge on any atom is 0.306 e. The molecular weight excluding hydrogens is 316 g/mol. The first kappa shape index (κ1) is 17.6. The van der Waals surface area contributed by atoms with Crippen LogP contribution in [0.2, 0.25) is 0 Å². The summed E-state index contributed by atoms with van der Waals surface area (Å²) in [5.41, 5.74) is -0.00493. The van der Waals surface area contributed by atoms with Crippen LogP contribution < -0.4 is 0 Å². The lowest BCUT2D eigenvalue weighted by molar-refractivity contribution is -0.145. The van der Waals surface area contributed by atoms with Gasteiger partial charge in [-0.1, -0.05) is 20.8 Å². The van der Waals surface area contributed by atoms with E-state index in [1.54, 1.807) is 28.5 Å². The summed E-state index contributed by atoms with van der Waals surface area (Å²) in [5.74, 6) is -1.05. The summed E-state index contributed by atoms with van der Waals surface area (Å²) in [6.45, 7) is 7.45. The number of amides is 1. The predicted octanol–water partition coefficient (Wildman–Crippen LogP) is 2.16. The van der Waals surface area contributed by atoms with E-state index < -0.39 is 12.1 Å². The first-order valence-corrected chi connectivity index (χ1v) is 8.34. The smallest absolute Gasteiger partial charge is 0.306 e. The molecule has 0 bridgehead atoms. The number of nitrogens with zero attached hydrogens (tertiary/aromatic N) is 2. The molecule has 0 aliphatic carbocycles. The average molecular weight is 338 g/mol. The highest BCUT2D eigenvalue weighted by Crippen LogP contribution is 2.27.